The Labute approximate surface area is 138 Å². The van der Waals surface area contributed by atoms with E-state index in [4.69, 9.17) is 0 Å². The summed E-state index contributed by atoms with van der Waals surface area (Å²) in [7, 11) is 0. The van der Waals surface area contributed by atoms with E-state index in [0.717, 1.165) is 18.4 Å². The Bertz CT molecular complexity index is 683. The van der Waals surface area contributed by atoms with Crippen molar-refractivity contribution < 1.29 is 4.79 Å². The smallest absolute Gasteiger partial charge is 0.223 e. The predicted octanol–water partition coefficient (Wildman–Crippen LogP) is 4.73. The average molecular weight is 307 g/mol. The van der Waals surface area contributed by atoms with Gasteiger partial charge in [0.15, 0.2) is 0 Å². The van der Waals surface area contributed by atoms with Crippen LogP contribution in [0.5, 0.6) is 0 Å². The minimum Gasteiger partial charge on any atom is -0.345 e. The van der Waals surface area contributed by atoms with Crippen LogP contribution in [0.1, 0.15) is 60.9 Å². The minimum atomic E-state index is -0.0643. The van der Waals surface area contributed by atoms with E-state index in [0.29, 0.717) is 5.92 Å². The van der Waals surface area contributed by atoms with E-state index < -0.39 is 0 Å². The van der Waals surface area contributed by atoms with Gasteiger partial charge in [-0.15, -0.1) is 0 Å². The molecule has 1 amide bonds. The number of amides is 1. The molecule has 3 rings (SSSR count). The zero-order valence-electron chi connectivity index (χ0n) is 14.2. The van der Waals surface area contributed by atoms with Crippen molar-refractivity contribution in [3.8, 4) is 0 Å². The molecule has 1 aliphatic rings. The second kappa shape index (κ2) is 6.57. The van der Waals surface area contributed by atoms with E-state index in [1.165, 1.54) is 16.7 Å². The first-order chi connectivity index (χ1) is 11.1. The summed E-state index contributed by atoms with van der Waals surface area (Å²) in [5, 5.41) is 3.26. The molecule has 2 nitrogen and oxygen atoms in total. The summed E-state index contributed by atoms with van der Waals surface area (Å²) in [5.74, 6) is 0.921. The van der Waals surface area contributed by atoms with Crippen molar-refractivity contribution in [2.24, 2.45) is 5.92 Å². The fourth-order valence-electron chi connectivity index (χ4n) is 2.93. The number of rotatable bonds is 5. The van der Waals surface area contributed by atoms with Crippen LogP contribution in [0.2, 0.25) is 0 Å². The lowest BCUT2D eigenvalue weighted by atomic mass is 9.92. The van der Waals surface area contributed by atoms with Crippen LogP contribution in [-0.4, -0.2) is 5.91 Å². The summed E-state index contributed by atoms with van der Waals surface area (Å²) in [6.07, 6.45) is 2.05. The van der Waals surface area contributed by atoms with Crippen LogP contribution in [0.4, 0.5) is 0 Å². The molecule has 0 bridgehead atoms. The molecular formula is C21H25NO. The molecule has 0 spiro atoms. The Morgan fingerprint density at radius 2 is 1.61 bits per heavy atom. The van der Waals surface area contributed by atoms with Gasteiger partial charge >= 0.3 is 0 Å². The third-order valence-electron chi connectivity index (χ3n) is 4.67. The zero-order chi connectivity index (χ0) is 16.4. The van der Waals surface area contributed by atoms with Gasteiger partial charge in [-0.2, -0.15) is 0 Å². The van der Waals surface area contributed by atoms with Crippen LogP contribution in [-0.2, 0) is 4.79 Å². The number of carbonyl (C=O) groups excluding carboxylic acids is 1. The quantitative estimate of drug-likeness (QED) is 0.849. The molecule has 0 saturated heterocycles. The molecule has 2 aromatic carbocycles. The van der Waals surface area contributed by atoms with Gasteiger partial charge in [0, 0.05) is 5.92 Å². The summed E-state index contributed by atoms with van der Waals surface area (Å²) < 4.78 is 0. The van der Waals surface area contributed by atoms with Crippen LogP contribution in [0.3, 0.4) is 0 Å². The van der Waals surface area contributed by atoms with Gasteiger partial charge in [-0.3, -0.25) is 4.79 Å². The van der Waals surface area contributed by atoms with Crippen LogP contribution >= 0.6 is 0 Å². The first-order valence-corrected chi connectivity index (χ1v) is 8.52. The second-order valence-corrected chi connectivity index (χ2v) is 6.89. The molecule has 0 radical (unpaired) electrons. The third kappa shape index (κ3) is 3.64. The average Bonchev–Trinajstić information content (AvgIpc) is 3.38. The number of aryl methyl sites for hydroxylation is 1. The largest absolute Gasteiger partial charge is 0.345 e. The van der Waals surface area contributed by atoms with Crippen LogP contribution in [0.15, 0.2) is 48.5 Å². The number of hydrogen-bond donors (Lipinski definition) is 1. The number of carbonyl (C=O) groups is 1. The maximum atomic E-state index is 12.3. The highest BCUT2D eigenvalue weighted by atomic mass is 16.2. The molecule has 2 aromatic rings. The Kier molecular flexibility index (Phi) is 4.51. The molecule has 1 aliphatic carbocycles. The summed E-state index contributed by atoms with van der Waals surface area (Å²) in [6.45, 7) is 6.50. The van der Waals surface area contributed by atoms with Crippen molar-refractivity contribution in [3.63, 3.8) is 0 Å². The Morgan fingerprint density at radius 1 is 1.00 bits per heavy atom. The lowest BCUT2D eigenvalue weighted by molar-refractivity contribution is -0.122. The molecule has 0 heterocycles. The molecule has 1 N–H and O–H groups in total. The Morgan fingerprint density at radius 3 is 2.17 bits per heavy atom. The summed E-state index contributed by atoms with van der Waals surface area (Å²) in [5.41, 5.74) is 4.86. The van der Waals surface area contributed by atoms with Crippen molar-refractivity contribution >= 4 is 5.91 Å². The molecule has 1 unspecified atom stereocenters. The molecule has 1 atom stereocenters. The number of nitrogens with one attached hydrogen (secondary N) is 1. The topological polar surface area (TPSA) is 29.1 Å². The van der Waals surface area contributed by atoms with Gasteiger partial charge in [0.05, 0.1) is 6.04 Å². The number of hydrogen-bond acceptors (Lipinski definition) is 1. The molecule has 2 heteroatoms. The lowest BCUT2D eigenvalue weighted by Gasteiger charge is -2.22. The molecule has 120 valence electrons. The minimum absolute atomic E-state index is 0.0643. The highest BCUT2D eigenvalue weighted by Gasteiger charge is 2.31. The maximum Gasteiger partial charge on any atom is 0.223 e. The molecule has 23 heavy (non-hydrogen) atoms. The monoisotopic (exact) mass is 307 g/mol. The molecule has 0 aromatic heterocycles. The fourth-order valence-corrected chi connectivity index (χ4v) is 2.93. The van der Waals surface area contributed by atoms with Gasteiger partial charge in [-0.05, 0) is 47.9 Å². The van der Waals surface area contributed by atoms with Gasteiger partial charge in [-0.25, -0.2) is 0 Å². The maximum absolute atomic E-state index is 12.3. The van der Waals surface area contributed by atoms with E-state index in [1.54, 1.807) is 0 Å². The van der Waals surface area contributed by atoms with Crippen molar-refractivity contribution in [2.75, 3.05) is 0 Å². The van der Waals surface area contributed by atoms with E-state index in [2.05, 4.69) is 62.5 Å². The van der Waals surface area contributed by atoms with E-state index in [1.807, 2.05) is 12.1 Å². The van der Waals surface area contributed by atoms with Gasteiger partial charge in [0.1, 0.15) is 0 Å². The van der Waals surface area contributed by atoms with Crippen LogP contribution in [0, 0.1) is 12.8 Å². The standard InChI is InChI=1S/C21H25NO/c1-14(2)16-8-10-17(11-9-16)20(22-21(23)18-12-13-18)19-7-5-4-6-15(19)3/h4-11,14,18,20H,12-13H2,1-3H3,(H,22,23). The highest BCUT2D eigenvalue weighted by molar-refractivity contribution is 5.81. The normalized spacial score (nSPS) is 15.5. The van der Waals surface area contributed by atoms with E-state index in [9.17, 15) is 4.79 Å². The van der Waals surface area contributed by atoms with Crippen molar-refractivity contribution in [1.29, 1.82) is 0 Å². The predicted molar refractivity (Wildman–Crippen MR) is 94.4 cm³/mol. The van der Waals surface area contributed by atoms with Crippen LogP contribution < -0.4 is 5.32 Å². The lowest BCUT2D eigenvalue weighted by Crippen LogP contribution is -2.30. The van der Waals surface area contributed by atoms with Crippen molar-refractivity contribution in [2.45, 2.75) is 45.6 Å². The highest BCUT2D eigenvalue weighted by Crippen LogP contribution is 2.32. The summed E-state index contributed by atoms with van der Waals surface area (Å²) >= 11 is 0. The second-order valence-electron chi connectivity index (χ2n) is 6.89. The first-order valence-electron chi connectivity index (χ1n) is 8.52. The van der Waals surface area contributed by atoms with Crippen molar-refractivity contribution in [3.05, 3.63) is 70.8 Å². The summed E-state index contributed by atoms with van der Waals surface area (Å²) in [6, 6.07) is 16.9. The van der Waals surface area contributed by atoms with Gasteiger partial charge in [0.2, 0.25) is 5.91 Å². The van der Waals surface area contributed by atoms with Gasteiger partial charge in [0.25, 0.3) is 0 Å². The van der Waals surface area contributed by atoms with Crippen LogP contribution in [0.25, 0.3) is 0 Å². The van der Waals surface area contributed by atoms with E-state index >= 15 is 0 Å². The first kappa shape index (κ1) is 15.8. The molecular weight excluding hydrogens is 282 g/mol. The SMILES string of the molecule is Cc1ccccc1C(NC(=O)C1CC1)c1ccc(C(C)C)cc1. The Hall–Kier alpha value is -2.09. The van der Waals surface area contributed by atoms with Crippen molar-refractivity contribution in [1.82, 2.24) is 5.32 Å². The number of benzene rings is 2. The zero-order valence-corrected chi connectivity index (χ0v) is 14.2. The third-order valence-corrected chi connectivity index (χ3v) is 4.67. The Balaban J connectivity index is 1.93. The van der Waals surface area contributed by atoms with E-state index in [-0.39, 0.29) is 17.9 Å². The van der Waals surface area contributed by atoms with Gasteiger partial charge < -0.3 is 5.32 Å². The molecule has 0 aliphatic heterocycles. The van der Waals surface area contributed by atoms with Gasteiger partial charge in [-0.1, -0.05) is 62.4 Å². The fraction of sp³-hybridized carbons (Fsp3) is 0.381. The molecule has 1 saturated carbocycles. The molecule has 1 fully saturated rings. The summed E-state index contributed by atoms with van der Waals surface area (Å²) in [4.78, 5) is 12.3.